The first-order chi connectivity index (χ1) is 7.56. The van der Waals surface area contributed by atoms with E-state index in [1.54, 1.807) is 11.9 Å². The van der Waals surface area contributed by atoms with Gasteiger partial charge < -0.3 is 4.90 Å². The van der Waals surface area contributed by atoms with Crippen molar-refractivity contribution in [1.29, 1.82) is 0 Å². The molecular weight excluding hydrogens is 210 g/mol. The molecule has 0 aromatic heterocycles. The lowest BCUT2D eigenvalue weighted by molar-refractivity contribution is -0.137. The van der Waals surface area contributed by atoms with Gasteiger partial charge in [-0.1, -0.05) is 13.3 Å². The Morgan fingerprint density at radius 1 is 1.31 bits per heavy atom. The summed E-state index contributed by atoms with van der Waals surface area (Å²) in [6, 6.07) is 0. The number of amides is 3. The Labute approximate surface area is 94.3 Å². The molecule has 1 aliphatic heterocycles. The first-order valence-electron chi connectivity index (χ1n) is 5.40. The molecule has 0 aromatic rings. The molecule has 1 fully saturated rings. The maximum atomic E-state index is 11.7. The first-order valence-corrected chi connectivity index (χ1v) is 5.40. The molecule has 1 heterocycles. The summed E-state index contributed by atoms with van der Waals surface area (Å²) in [6.45, 7) is 2.70. The summed E-state index contributed by atoms with van der Waals surface area (Å²) >= 11 is 0. The van der Waals surface area contributed by atoms with Crippen LogP contribution in [0.4, 0.5) is 0 Å². The van der Waals surface area contributed by atoms with Crippen LogP contribution in [0.3, 0.4) is 0 Å². The fraction of sp³-hybridized carbons (Fsp3) is 0.700. The van der Waals surface area contributed by atoms with E-state index in [0.717, 1.165) is 12.8 Å². The maximum absolute atomic E-state index is 11.7. The summed E-state index contributed by atoms with van der Waals surface area (Å²) in [5.74, 6) is -1.91. The van der Waals surface area contributed by atoms with Gasteiger partial charge in [-0.15, -0.1) is 0 Å². The number of carbonyl (C=O) groups excluding carboxylic acids is 3. The van der Waals surface area contributed by atoms with Crippen LogP contribution in [0, 0.1) is 5.92 Å². The van der Waals surface area contributed by atoms with Crippen molar-refractivity contribution in [3.63, 3.8) is 0 Å². The second-order valence-corrected chi connectivity index (χ2v) is 3.90. The highest BCUT2D eigenvalue weighted by Gasteiger charge is 2.35. The summed E-state index contributed by atoms with van der Waals surface area (Å²) in [4.78, 5) is 35.6. The molecule has 1 aliphatic rings. The van der Waals surface area contributed by atoms with Gasteiger partial charge in [-0.3, -0.25) is 25.2 Å². The second-order valence-electron chi connectivity index (χ2n) is 3.90. The average Bonchev–Trinajstić information content (AvgIpc) is 2.57. The minimum atomic E-state index is -0.878. The zero-order valence-electron chi connectivity index (χ0n) is 9.58. The summed E-state index contributed by atoms with van der Waals surface area (Å²) in [6.07, 6.45) is 1.87. The van der Waals surface area contributed by atoms with Crippen molar-refractivity contribution in [2.45, 2.75) is 26.2 Å². The lowest BCUT2D eigenvalue weighted by Gasteiger charge is -2.17. The standard InChI is InChI=1S/C10H17N3O3/c1-3-4-5-13(2)8(14)6-7-9(15)11-12-10(7)16/h7H,3-6H2,1-2H3,(H,11,15)(H,12,16). The molecule has 90 valence electrons. The number of nitrogens with one attached hydrogen (secondary N) is 2. The molecule has 2 N–H and O–H groups in total. The molecule has 0 unspecified atom stereocenters. The van der Waals surface area contributed by atoms with Crippen LogP contribution in [-0.2, 0) is 14.4 Å². The van der Waals surface area contributed by atoms with Crippen LogP contribution in [0.1, 0.15) is 26.2 Å². The molecule has 0 saturated carbocycles. The van der Waals surface area contributed by atoms with Crippen molar-refractivity contribution < 1.29 is 14.4 Å². The molecule has 6 heteroatoms. The third-order valence-electron chi connectivity index (χ3n) is 2.59. The molecular formula is C10H17N3O3. The quantitative estimate of drug-likeness (QED) is 0.616. The van der Waals surface area contributed by atoms with E-state index < -0.39 is 17.7 Å². The van der Waals surface area contributed by atoms with Gasteiger partial charge >= 0.3 is 0 Å². The lowest BCUT2D eigenvalue weighted by Crippen LogP contribution is -2.32. The Balaban J connectivity index is 2.44. The SMILES string of the molecule is CCCCN(C)C(=O)CC1C(=O)NNC1=O. The van der Waals surface area contributed by atoms with Crippen LogP contribution < -0.4 is 10.9 Å². The van der Waals surface area contributed by atoms with E-state index in [1.807, 2.05) is 6.92 Å². The summed E-state index contributed by atoms with van der Waals surface area (Å²) in [5, 5.41) is 0. The van der Waals surface area contributed by atoms with E-state index in [1.165, 1.54) is 0 Å². The van der Waals surface area contributed by atoms with Gasteiger partial charge in [0.05, 0.1) is 0 Å². The maximum Gasteiger partial charge on any atom is 0.251 e. The van der Waals surface area contributed by atoms with Gasteiger partial charge in [0, 0.05) is 20.0 Å². The fourth-order valence-electron chi connectivity index (χ4n) is 1.45. The summed E-state index contributed by atoms with van der Waals surface area (Å²) in [7, 11) is 1.68. The van der Waals surface area contributed by atoms with Crippen LogP contribution in [0.15, 0.2) is 0 Å². The molecule has 0 bridgehead atoms. The third kappa shape index (κ3) is 2.95. The van der Waals surface area contributed by atoms with Crippen molar-refractivity contribution in [2.75, 3.05) is 13.6 Å². The fourth-order valence-corrected chi connectivity index (χ4v) is 1.45. The molecule has 3 amide bonds. The van der Waals surface area contributed by atoms with E-state index >= 15 is 0 Å². The number of hydrazine groups is 1. The smallest absolute Gasteiger partial charge is 0.251 e. The number of hydrogen-bond donors (Lipinski definition) is 2. The molecule has 0 spiro atoms. The van der Waals surface area contributed by atoms with Gasteiger partial charge in [-0.05, 0) is 6.42 Å². The molecule has 6 nitrogen and oxygen atoms in total. The van der Waals surface area contributed by atoms with E-state index in [9.17, 15) is 14.4 Å². The van der Waals surface area contributed by atoms with Crippen LogP contribution in [0.2, 0.25) is 0 Å². The third-order valence-corrected chi connectivity index (χ3v) is 2.59. The van der Waals surface area contributed by atoms with Gasteiger partial charge in [-0.2, -0.15) is 0 Å². The van der Waals surface area contributed by atoms with E-state index in [0.29, 0.717) is 6.54 Å². The first kappa shape index (κ1) is 12.5. The molecule has 1 rings (SSSR count). The van der Waals surface area contributed by atoms with Crippen LogP contribution in [0.25, 0.3) is 0 Å². The van der Waals surface area contributed by atoms with Gasteiger partial charge in [0.2, 0.25) is 5.91 Å². The van der Waals surface area contributed by atoms with Crippen LogP contribution in [0.5, 0.6) is 0 Å². The van der Waals surface area contributed by atoms with E-state index in [4.69, 9.17) is 0 Å². The molecule has 16 heavy (non-hydrogen) atoms. The number of nitrogens with zero attached hydrogens (tertiary/aromatic N) is 1. The minimum absolute atomic E-state index is 0.0577. The normalized spacial score (nSPS) is 15.9. The molecule has 1 saturated heterocycles. The highest BCUT2D eigenvalue weighted by molar-refractivity contribution is 6.07. The Hall–Kier alpha value is -1.59. The van der Waals surface area contributed by atoms with Crippen LogP contribution in [-0.4, -0.2) is 36.2 Å². The van der Waals surface area contributed by atoms with Gasteiger partial charge in [0.1, 0.15) is 5.92 Å². The molecule has 0 aromatic carbocycles. The highest BCUT2D eigenvalue weighted by atomic mass is 16.2. The highest BCUT2D eigenvalue weighted by Crippen LogP contribution is 2.09. The van der Waals surface area contributed by atoms with Crippen LogP contribution >= 0.6 is 0 Å². The van der Waals surface area contributed by atoms with Crippen molar-refractivity contribution in [3.8, 4) is 0 Å². The molecule has 0 radical (unpaired) electrons. The summed E-state index contributed by atoms with van der Waals surface area (Å²) in [5.41, 5.74) is 4.40. The lowest BCUT2D eigenvalue weighted by atomic mass is 10.0. The largest absolute Gasteiger partial charge is 0.346 e. The van der Waals surface area contributed by atoms with Crippen molar-refractivity contribution >= 4 is 17.7 Å². The number of hydrogen-bond acceptors (Lipinski definition) is 3. The Morgan fingerprint density at radius 2 is 1.88 bits per heavy atom. The van der Waals surface area contributed by atoms with Crippen molar-refractivity contribution in [1.82, 2.24) is 15.8 Å². The van der Waals surface area contributed by atoms with Crippen molar-refractivity contribution in [2.24, 2.45) is 5.92 Å². The van der Waals surface area contributed by atoms with Gasteiger partial charge in [0.15, 0.2) is 0 Å². The average molecular weight is 227 g/mol. The predicted molar refractivity (Wildman–Crippen MR) is 56.9 cm³/mol. The topological polar surface area (TPSA) is 78.5 Å². The molecule has 0 aliphatic carbocycles. The van der Waals surface area contributed by atoms with Gasteiger partial charge in [-0.25, -0.2) is 0 Å². The number of rotatable bonds is 5. The Kier molecular flexibility index (Phi) is 4.28. The van der Waals surface area contributed by atoms with Crippen molar-refractivity contribution in [3.05, 3.63) is 0 Å². The zero-order valence-corrected chi connectivity index (χ0v) is 9.58. The summed E-state index contributed by atoms with van der Waals surface area (Å²) < 4.78 is 0. The Morgan fingerprint density at radius 3 is 2.38 bits per heavy atom. The number of unbranched alkanes of at least 4 members (excludes halogenated alkanes) is 1. The number of carbonyl (C=O) groups is 3. The second kappa shape index (κ2) is 5.48. The minimum Gasteiger partial charge on any atom is -0.346 e. The predicted octanol–water partition coefficient (Wildman–Crippen LogP) is -0.588. The van der Waals surface area contributed by atoms with Gasteiger partial charge in [0.25, 0.3) is 11.8 Å². The van der Waals surface area contributed by atoms with E-state index in [2.05, 4.69) is 10.9 Å². The monoisotopic (exact) mass is 227 g/mol. The van der Waals surface area contributed by atoms with E-state index in [-0.39, 0.29) is 12.3 Å². The molecule has 0 atom stereocenters. The Bertz CT molecular complexity index is 288. The zero-order chi connectivity index (χ0) is 12.1.